The van der Waals surface area contributed by atoms with Gasteiger partial charge in [-0.1, -0.05) is 35.9 Å². The molecule has 0 amide bonds. The maximum atomic E-state index is 13.8. The van der Waals surface area contributed by atoms with E-state index in [0.29, 0.717) is 5.96 Å². The van der Waals surface area contributed by atoms with Crippen LogP contribution in [0.4, 0.5) is 10.1 Å². The van der Waals surface area contributed by atoms with Gasteiger partial charge in [-0.3, -0.25) is 4.99 Å². The molecule has 2 aromatic rings. The number of hydrogen-bond donors (Lipinski definition) is 3. The van der Waals surface area contributed by atoms with E-state index < -0.39 is 11.9 Å². The van der Waals surface area contributed by atoms with Gasteiger partial charge in [-0.15, -0.1) is 0 Å². The molecule has 2 aromatic carbocycles. The Kier molecular flexibility index (Phi) is 6.87. The van der Waals surface area contributed by atoms with Crippen LogP contribution in [0, 0.1) is 12.7 Å². The molecule has 1 heterocycles. The van der Waals surface area contributed by atoms with Crippen LogP contribution < -0.4 is 15.5 Å². The summed E-state index contributed by atoms with van der Waals surface area (Å²) in [7, 11) is 0. The van der Waals surface area contributed by atoms with Gasteiger partial charge in [0.25, 0.3) is 0 Å². The largest absolute Gasteiger partial charge is 0.386 e. The first-order valence-corrected chi connectivity index (χ1v) is 9.85. The number of anilines is 1. The molecule has 0 aromatic heterocycles. The van der Waals surface area contributed by atoms with Crippen LogP contribution in [-0.2, 0) is 0 Å². The van der Waals surface area contributed by atoms with Crippen LogP contribution >= 0.6 is 0 Å². The second kappa shape index (κ2) is 9.55. The third-order valence-corrected chi connectivity index (χ3v) is 4.96. The van der Waals surface area contributed by atoms with Crippen molar-refractivity contribution in [2.24, 2.45) is 4.99 Å². The molecule has 2 unspecified atom stereocenters. The van der Waals surface area contributed by atoms with Crippen molar-refractivity contribution in [3.63, 3.8) is 0 Å². The lowest BCUT2D eigenvalue weighted by Crippen LogP contribution is -2.44. The van der Waals surface area contributed by atoms with Crippen molar-refractivity contribution in [1.82, 2.24) is 10.6 Å². The molecular weight excluding hydrogens is 355 g/mol. The van der Waals surface area contributed by atoms with E-state index in [4.69, 9.17) is 0 Å². The molecule has 1 aliphatic rings. The Balaban J connectivity index is 1.59. The second-order valence-electron chi connectivity index (χ2n) is 7.17. The maximum absolute atomic E-state index is 13.8. The van der Waals surface area contributed by atoms with Crippen LogP contribution in [0.1, 0.15) is 30.6 Å². The minimum absolute atomic E-state index is 0.102. The van der Waals surface area contributed by atoms with Gasteiger partial charge >= 0.3 is 0 Å². The maximum Gasteiger partial charge on any atom is 0.191 e. The highest BCUT2D eigenvalue weighted by Gasteiger charge is 2.23. The Morgan fingerprint density at radius 1 is 1.25 bits per heavy atom. The quantitative estimate of drug-likeness (QED) is 0.529. The molecule has 28 heavy (non-hydrogen) atoms. The highest BCUT2D eigenvalue weighted by Crippen LogP contribution is 2.21. The Hall–Kier alpha value is -2.60. The first-order valence-electron chi connectivity index (χ1n) is 9.85. The summed E-state index contributed by atoms with van der Waals surface area (Å²) >= 11 is 0. The Labute approximate surface area is 166 Å². The molecular formula is C22H29FN4O. The number of aliphatic hydroxyl groups excluding tert-OH is 1. The number of aliphatic hydroxyl groups is 1. The van der Waals surface area contributed by atoms with Gasteiger partial charge in [0.15, 0.2) is 5.96 Å². The third kappa shape index (κ3) is 5.23. The molecule has 5 nitrogen and oxygen atoms in total. The second-order valence-corrected chi connectivity index (χ2v) is 7.17. The number of benzene rings is 2. The molecule has 0 radical (unpaired) electrons. The van der Waals surface area contributed by atoms with E-state index in [1.54, 1.807) is 18.2 Å². The van der Waals surface area contributed by atoms with Crippen LogP contribution in [0.2, 0.25) is 0 Å². The van der Waals surface area contributed by atoms with Crippen LogP contribution in [-0.4, -0.2) is 43.3 Å². The van der Waals surface area contributed by atoms with E-state index >= 15 is 0 Å². The summed E-state index contributed by atoms with van der Waals surface area (Å²) < 4.78 is 13.8. The summed E-state index contributed by atoms with van der Waals surface area (Å²) in [6, 6.07) is 15.1. The molecule has 1 fully saturated rings. The molecule has 0 saturated carbocycles. The standard InChI is InChI=1S/C22H29FN4O/c1-3-24-22(25-14-21(28)19-6-4-5-7-20(19)23)26-17-12-13-27(15-17)18-10-8-16(2)9-11-18/h4-11,17,21,28H,3,12-15H2,1-2H3,(H2,24,25,26). The first-order chi connectivity index (χ1) is 13.6. The van der Waals surface area contributed by atoms with Crippen molar-refractivity contribution < 1.29 is 9.50 Å². The van der Waals surface area contributed by atoms with Gasteiger partial charge in [-0.25, -0.2) is 4.39 Å². The monoisotopic (exact) mass is 384 g/mol. The first kappa shape index (κ1) is 20.1. The highest BCUT2D eigenvalue weighted by atomic mass is 19.1. The van der Waals surface area contributed by atoms with E-state index in [2.05, 4.69) is 51.7 Å². The normalized spacial score (nSPS) is 18.2. The topological polar surface area (TPSA) is 59.9 Å². The Morgan fingerprint density at radius 3 is 2.71 bits per heavy atom. The third-order valence-electron chi connectivity index (χ3n) is 4.96. The number of rotatable bonds is 6. The summed E-state index contributed by atoms with van der Waals surface area (Å²) in [5.74, 6) is 0.237. The van der Waals surface area contributed by atoms with E-state index in [-0.39, 0.29) is 18.2 Å². The fourth-order valence-corrected chi connectivity index (χ4v) is 3.40. The van der Waals surface area contributed by atoms with Crippen LogP contribution in [0.5, 0.6) is 0 Å². The average molecular weight is 384 g/mol. The molecule has 2 atom stereocenters. The van der Waals surface area contributed by atoms with Crippen LogP contribution in [0.15, 0.2) is 53.5 Å². The zero-order valence-corrected chi connectivity index (χ0v) is 16.5. The summed E-state index contributed by atoms with van der Waals surface area (Å²) in [5.41, 5.74) is 2.76. The molecule has 3 N–H and O–H groups in total. The molecule has 150 valence electrons. The van der Waals surface area contributed by atoms with E-state index in [9.17, 15) is 9.50 Å². The highest BCUT2D eigenvalue weighted by molar-refractivity contribution is 5.80. The summed E-state index contributed by atoms with van der Waals surface area (Å²) in [5, 5.41) is 16.9. The number of guanidine groups is 1. The predicted molar refractivity (Wildman–Crippen MR) is 112 cm³/mol. The summed E-state index contributed by atoms with van der Waals surface area (Å²) in [6.45, 7) is 6.78. The van der Waals surface area contributed by atoms with Crippen molar-refractivity contribution in [1.29, 1.82) is 0 Å². The number of halogens is 1. The number of nitrogens with zero attached hydrogens (tertiary/aromatic N) is 2. The molecule has 0 spiro atoms. The molecule has 0 aliphatic carbocycles. The van der Waals surface area contributed by atoms with E-state index in [0.717, 1.165) is 26.1 Å². The van der Waals surface area contributed by atoms with Crippen molar-refractivity contribution in [3.8, 4) is 0 Å². The van der Waals surface area contributed by atoms with Gasteiger partial charge in [0.05, 0.1) is 6.54 Å². The zero-order valence-electron chi connectivity index (χ0n) is 16.5. The van der Waals surface area contributed by atoms with Crippen molar-refractivity contribution in [3.05, 3.63) is 65.5 Å². The predicted octanol–water partition coefficient (Wildman–Crippen LogP) is 3.00. The molecule has 1 aliphatic heterocycles. The minimum Gasteiger partial charge on any atom is -0.386 e. The van der Waals surface area contributed by atoms with Gasteiger partial charge in [-0.05, 0) is 38.5 Å². The SMILES string of the molecule is CCNC(=NCC(O)c1ccccc1F)NC1CCN(c2ccc(C)cc2)C1. The zero-order chi connectivity index (χ0) is 19.9. The molecule has 0 bridgehead atoms. The number of nitrogens with one attached hydrogen (secondary N) is 2. The number of aliphatic imine (C=N–C) groups is 1. The van der Waals surface area contributed by atoms with Crippen molar-refractivity contribution in [2.75, 3.05) is 31.1 Å². The van der Waals surface area contributed by atoms with Crippen molar-refractivity contribution >= 4 is 11.6 Å². The lowest BCUT2D eigenvalue weighted by Gasteiger charge is -2.21. The molecule has 6 heteroatoms. The van der Waals surface area contributed by atoms with E-state index in [1.165, 1.54) is 17.3 Å². The fraction of sp³-hybridized carbons (Fsp3) is 0.409. The minimum atomic E-state index is -0.968. The summed E-state index contributed by atoms with van der Waals surface area (Å²) in [4.78, 5) is 6.82. The van der Waals surface area contributed by atoms with Crippen LogP contribution in [0.3, 0.4) is 0 Å². The van der Waals surface area contributed by atoms with Gasteiger partial charge in [0, 0.05) is 36.9 Å². The van der Waals surface area contributed by atoms with Gasteiger partial charge in [0.2, 0.25) is 0 Å². The Bertz CT molecular complexity index is 793. The smallest absolute Gasteiger partial charge is 0.191 e. The lowest BCUT2D eigenvalue weighted by molar-refractivity contribution is 0.182. The van der Waals surface area contributed by atoms with Crippen LogP contribution in [0.25, 0.3) is 0 Å². The van der Waals surface area contributed by atoms with Gasteiger partial charge in [-0.2, -0.15) is 0 Å². The van der Waals surface area contributed by atoms with Crippen molar-refractivity contribution in [2.45, 2.75) is 32.4 Å². The lowest BCUT2D eigenvalue weighted by atomic mass is 10.1. The molecule has 1 saturated heterocycles. The number of aryl methyl sites for hydroxylation is 1. The number of hydrogen-bond acceptors (Lipinski definition) is 3. The fourth-order valence-electron chi connectivity index (χ4n) is 3.40. The van der Waals surface area contributed by atoms with Gasteiger partial charge in [0.1, 0.15) is 11.9 Å². The molecule has 3 rings (SSSR count). The Morgan fingerprint density at radius 2 is 2.00 bits per heavy atom. The van der Waals surface area contributed by atoms with Gasteiger partial charge < -0.3 is 20.6 Å². The average Bonchev–Trinajstić information content (AvgIpc) is 3.15. The summed E-state index contributed by atoms with van der Waals surface area (Å²) in [6.07, 6.45) is 0.0398. The van der Waals surface area contributed by atoms with E-state index in [1.807, 2.05) is 6.92 Å².